The minimum atomic E-state index is -0.392. The summed E-state index contributed by atoms with van der Waals surface area (Å²) in [6, 6.07) is 15.4. The third-order valence-electron chi connectivity index (χ3n) is 4.00. The van der Waals surface area contributed by atoms with Crippen molar-refractivity contribution in [1.82, 2.24) is 19.6 Å². The van der Waals surface area contributed by atoms with Crippen molar-refractivity contribution in [3.63, 3.8) is 0 Å². The lowest BCUT2D eigenvalue weighted by Crippen LogP contribution is -2.18. The van der Waals surface area contributed by atoms with Gasteiger partial charge in [-0.15, -0.1) is 5.10 Å². The fourth-order valence-electron chi connectivity index (χ4n) is 2.60. The van der Waals surface area contributed by atoms with Crippen molar-refractivity contribution in [3.8, 4) is 11.4 Å². The first kappa shape index (κ1) is 17.0. The molecule has 0 bridgehead atoms. The quantitative estimate of drug-likeness (QED) is 0.571. The fraction of sp³-hybridized carbons (Fsp3) is 0.0526. The van der Waals surface area contributed by atoms with Gasteiger partial charge in [-0.05, 0) is 43.3 Å². The molecule has 0 atom stereocenters. The highest BCUT2D eigenvalue weighted by Gasteiger charge is 2.14. The maximum absolute atomic E-state index is 12.5. The number of nitrogens with one attached hydrogen (secondary N) is 2. The van der Waals surface area contributed by atoms with Gasteiger partial charge < -0.3 is 5.32 Å². The van der Waals surface area contributed by atoms with Crippen molar-refractivity contribution in [2.75, 3.05) is 5.32 Å². The second kappa shape index (κ2) is 6.69. The zero-order valence-corrected chi connectivity index (χ0v) is 15.0. The van der Waals surface area contributed by atoms with Crippen LogP contribution in [0.5, 0.6) is 0 Å². The van der Waals surface area contributed by atoms with Crippen LogP contribution in [0.4, 0.5) is 5.82 Å². The number of aromatic nitrogens is 4. The summed E-state index contributed by atoms with van der Waals surface area (Å²) >= 11 is 5.91. The number of amides is 1. The molecule has 0 aliphatic heterocycles. The van der Waals surface area contributed by atoms with E-state index in [1.807, 2.05) is 19.1 Å². The van der Waals surface area contributed by atoms with Crippen LogP contribution in [0, 0.1) is 6.92 Å². The van der Waals surface area contributed by atoms with E-state index in [0.717, 1.165) is 11.1 Å². The molecule has 0 aliphatic carbocycles. The minimum absolute atomic E-state index is 0.228. The second-order valence-electron chi connectivity index (χ2n) is 6.02. The number of benzene rings is 2. The average Bonchev–Trinajstić information content (AvgIpc) is 3.07. The SMILES string of the molecule is Cc1ccc(C(=O)Nc2cc(=O)[nH]c3nc(-c4ccc(Cl)cc4)nn23)cc1. The van der Waals surface area contributed by atoms with E-state index in [4.69, 9.17) is 11.6 Å². The summed E-state index contributed by atoms with van der Waals surface area (Å²) < 4.78 is 1.39. The standard InChI is InChI=1S/C19H14ClN5O2/c1-11-2-4-13(5-3-11)18(27)21-15-10-16(26)22-19-23-17(24-25(15)19)12-6-8-14(20)9-7-12/h2-10H,1H3,(H,21,27)(H,22,23,24,26). The summed E-state index contributed by atoms with van der Waals surface area (Å²) in [7, 11) is 0. The summed E-state index contributed by atoms with van der Waals surface area (Å²) in [5, 5.41) is 7.71. The number of carbonyl (C=O) groups is 1. The lowest BCUT2D eigenvalue weighted by Gasteiger charge is -2.06. The molecule has 4 aromatic rings. The zero-order chi connectivity index (χ0) is 19.0. The van der Waals surface area contributed by atoms with Crippen LogP contribution in [0.15, 0.2) is 59.4 Å². The number of nitrogens with zero attached hydrogens (tertiary/aromatic N) is 3. The number of fused-ring (bicyclic) bond motifs is 1. The Kier molecular flexibility index (Phi) is 4.21. The molecule has 2 aromatic carbocycles. The molecule has 7 nitrogen and oxygen atoms in total. The topological polar surface area (TPSA) is 92.1 Å². The van der Waals surface area contributed by atoms with Crippen LogP contribution >= 0.6 is 11.6 Å². The molecule has 0 spiro atoms. The van der Waals surface area contributed by atoms with Gasteiger partial charge in [0.25, 0.3) is 11.5 Å². The van der Waals surface area contributed by atoms with E-state index >= 15 is 0 Å². The Morgan fingerprint density at radius 2 is 1.81 bits per heavy atom. The van der Waals surface area contributed by atoms with E-state index < -0.39 is 5.56 Å². The Morgan fingerprint density at radius 3 is 2.52 bits per heavy atom. The fourth-order valence-corrected chi connectivity index (χ4v) is 2.72. The molecule has 2 heterocycles. The summed E-state index contributed by atoms with van der Waals surface area (Å²) in [5.74, 6) is 0.517. The molecule has 0 radical (unpaired) electrons. The summed E-state index contributed by atoms with van der Waals surface area (Å²) in [6.45, 7) is 1.94. The molecule has 1 amide bonds. The molecule has 0 unspecified atom stereocenters. The molecule has 0 aliphatic rings. The largest absolute Gasteiger partial charge is 0.306 e. The maximum atomic E-state index is 12.5. The van der Waals surface area contributed by atoms with Gasteiger partial charge in [-0.1, -0.05) is 29.3 Å². The number of rotatable bonds is 3. The van der Waals surface area contributed by atoms with Crippen molar-refractivity contribution >= 4 is 29.1 Å². The van der Waals surface area contributed by atoms with Gasteiger partial charge in [-0.3, -0.25) is 14.6 Å². The molecule has 27 heavy (non-hydrogen) atoms. The van der Waals surface area contributed by atoms with Crippen molar-refractivity contribution in [1.29, 1.82) is 0 Å². The van der Waals surface area contributed by atoms with Crippen molar-refractivity contribution < 1.29 is 4.79 Å². The van der Waals surface area contributed by atoms with Crippen LogP contribution in [0.1, 0.15) is 15.9 Å². The van der Waals surface area contributed by atoms with Crippen molar-refractivity contribution in [3.05, 3.63) is 81.1 Å². The number of aromatic amines is 1. The molecule has 0 saturated heterocycles. The number of anilines is 1. The zero-order valence-electron chi connectivity index (χ0n) is 14.2. The summed E-state index contributed by atoms with van der Waals surface area (Å²) in [4.78, 5) is 31.4. The molecule has 0 saturated carbocycles. The van der Waals surface area contributed by atoms with Crippen LogP contribution in [0.3, 0.4) is 0 Å². The number of hydrogen-bond donors (Lipinski definition) is 2. The van der Waals surface area contributed by atoms with Gasteiger partial charge in [-0.2, -0.15) is 9.50 Å². The summed E-state index contributed by atoms with van der Waals surface area (Å²) in [6.07, 6.45) is 0. The second-order valence-corrected chi connectivity index (χ2v) is 6.45. The van der Waals surface area contributed by atoms with Crippen LogP contribution in [0.2, 0.25) is 5.02 Å². The molecule has 8 heteroatoms. The number of halogens is 1. The molecular formula is C19H14ClN5O2. The average molecular weight is 380 g/mol. The molecule has 2 N–H and O–H groups in total. The van der Waals surface area contributed by atoms with Gasteiger partial charge >= 0.3 is 0 Å². The molecule has 134 valence electrons. The number of aryl methyl sites for hydroxylation is 1. The lowest BCUT2D eigenvalue weighted by molar-refractivity contribution is 0.102. The van der Waals surface area contributed by atoms with E-state index in [-0.39, 0.29) is 17.5 Å². The lowest BCUT2D eigenvalue weighted by atomic mass is 10.1. The van der Waals surface area contributed by atoms with Crippen molar-refractivity contribution in [2.45, 2.75) is 6.92 Å². The van der Waals surface area contributed by atoms with Gasteiger partial charge in [0.1, 0.15) is 5.82 Å². The van der Waals surface area contributed by atoms with E-state index in [1.54, 1.807) is 36.4 Å². The van der Waals surface area contributed by atoms with Gasteiger partial charge in [0.15, 0.2) is 5.82 Å². The van der Waals surface area contributed by atoms with E-state index in [0.29, 0.717) is 16.4 Å². The third-order valence-corrected chi connectivity index (χ3v) is 4.25. The molecule has 2 aromatic heterocycles. The predicted molar refractivity (Wildman–Crippen MR) is 103 cm³/mol. The van der Waals surface area contributed by atoms with Crippen LogP contribution < -0.4 is 10.9 Å². The first-order chi connectivity index (χ1) is 13.0. The number of carbonyl (C=O) groups excluding carboxylic acids is 1. The molecular weight excluding hydrogens is 366 g/mol. The Hall–Kier alpha value is -3.45. The van der Waals surface area contributed by atoms with Crippen LogP contribution in [-0.2, 0) is 0 Å². The highest BCUT2D eigenvalue weighted by molar-refractivity contribution is 6.30. The number of hydrogen-bond acceptors (Lipinski definition) is 4. The maximum Gasteiger partial charge on any atom is 0.256 e. The van der Waals surface area contributed by atoms with Gasteiger partial charge in [-0.25, -0.2) is 0 Å². The Bertz CT molecular complexity index is 1190. The first-order valence-electron chi connectivity index (χ1n) is 8.14. The van der Waals surface area contributed by atoms with Crippen LogP contribution in [0.25, 0.3) is 17.2 Å². The molecule has 0 fully saturated rings. The summed E-state index contributed by atoms with van der Waals surface area (Å²) in [5.41, 5.74) is 1.87. The smallest absolute Gasteiger partial charge is 0.256 e. The normalized spacial score (nSPS) is 10.9. The Labute approximate surface area is 158 Å². The highest BCUT2D eigenvalue weighted by Crippen LogP contribution is 2.19. The number of H-pyrrole nitrogens is 1. The van der Waals surface area contributed by atoms with Gasteiger partial charge in [0, 0.05) is 22.2 Å². The van der Waals surface area contributed by atoms with E-state index in [9.17, 15) is 9.59 Å². The predicted octanol–water partition coefficient (Wildman–Crippen LogP) is 3.30. The van der Waals surface area contributed by atoms with E-state index in [1.165, 1.54) is 10.6 Å². The Morgan fingerprint density at radius 1 is 1.11 bits per heavy atom. The Balaban J connectivity index is 1.74. The van der Waals surface area contributed by atoms with Gasteiger partial charge in [0.2, 0.25) is 5.78 Å². The highest BCUT2D eigenvalue weighted by atomic mass is 35.5. The third kappa shape index (κ3) is 3.45. The van der Waals surface area contributed by atoms with E-state index in [2.05, 4.69) is 20.4 Å². The first-order valence-corrected chi connectivity index (χ1v) is 8.51. The van der Waals surface area contributed by atoms with Crippen molar-refractivity contribution in [2.24, 2.45) is 0 Å². The monoisotopic (exact) mass is 379 g/mol. The molecule has 4 rings (SSSR count). The minimum Gasteiger partial charge on any atom is -0.306 e. The van der Waals surface area contributed by atoms with Crippen LogP contribution in [-0.4, -0.2) is 25.5 Å². The van der Waals surface area contributed by atoms with Gasteiger partial charge in [0.05, 0.1) is 0 Å².